The molecule has 1 aliphatic carbocycles. The zero-order valence-corrected chi connectivity index (χ0v) is 10.4. The molecular weight excluding hydrogens is 212 g/mol. The van der Waals surface area contributed by atoms with Gasteiger partial charge in [0.2, 0.25) is 0 Å². The van der Waals surface area contributed by atoms with E-state index in [1.165, 1.54) is 57.2 Å². The first kappa shape index (κ1) is 11.2. The third kappa shape index (κ3) is 2.37. The van der Waals surface area contributed by atoms with Crippen molar-refractivity contribution in [3.05, 3.63) is 12.2 Å². The monoisotopic (exact) mass is 234 g/mol. The number of hydrogen-bond donors (Lipinski definition) is 1. The van der Waals surface area contributed by atoms with Crippen LogP contribution in [0, 0.1) is 0 Å². The number of nitrogens with zero attached hydrogens (tertiary/aromatic N) is 3. The lowest BCUT2D eigenvalue weighted by Gasteiger charge is -2.19. The van der Waals surface area contributed by atoms with E-state index in [-0.39, 0.29) is 0 Å². The van der Waals surface area contributed by atoms with Gasteiger partial charge in [-0.1, -0.05) is 25.7 Å². The summed E-state index contributed by atoms with van der Waals surface area (Å²) < 4.78 is 2.34. The second-order valence-electron chi connectivity index (χ2n) is 5.39. The SMILES string of the molecule is c1nnc(C2CCCCCN2)n1C1CCCC1. The van der Waals surface area contributed by atoms with Crippen molar-refractivity contribution in [2.24, 2.45) is 0 Å². The van der Waals surface area contributed by atoms with E-state index in [0.717, 1.165) is 6.54 Å². The molecule has 1 atom stereocenters. The van der Waals surface area contributed by atoms with Gasteiger partial charge in [0.25, 0.3) is 0 Å². The second kappa shape index (κ2) is 5.17. The minimum Gasteiger partial charge on any atom is -0.313 e. The van der Waals surface area contributed by atoms with E-state index in [1.54, 1.807) is 0 Å². The average molecular weight is 234 g/mol. The Kier molecular flexibility index (Phi) is 3.41. The van der Waals surface area contributed by atoms with Crippen LogP contribution in [-0.4, -0.2) is 21.3 Å². The Labute approximate surface area is 103 Å². The van der Waals surface area contributed by atoms with Crippen LogP contribution >= 0.6 is 0 Å². The summed E-state index contributed by atoms with van der Waals surface area (Å²) in [5.74, 6) is 1.18. The van der Waals surface area contributed by atoms with Crippen molar-refractivity contribution in [1.29, 1.82) is 0 Å². The predicted molar refractivity (Wildman–Crippen MR) is 66.7 cm³/mol. The molecule has 2 fully saturated rings. The molecule has 1 saturated heterocycles. The maximum atomic E-state index is 4.38. The predicted octanol–water partition coefficient (Wildman–Crippen LogP) is 2.60. The van der Waals surface area contributed by atoms with E-state index >= 15 is 0 Å². The second-order valence-corrected chi connectivity index (χ2v) is 5.39. The lowest BCUT2D eigenvalue weighted by atomic mass is 10.1. The average Bonchev–Trinajstić information content (AvgIpc) is 2.95. The van der Waals surface area contributed by atoms with Crippen LogP contribution < -0.4 is 5.32 Å². The molecule has 94 valence electrons. The molecule has 1 N–H and O–H groups in total. The van der Waals surface area contributed by atoms with Crippen molar-refractivity contribution < 1.29 is 0 Å². The van der Waals surface area contributed by atoms with Crippen LogP contribution in [0.3, 0.4) is 0 Å². The number of rotatable bonds is 2. The molecule has 4 nitrogen and oxygen atoms in total. The van der Waals surface area contributed by atoms with Gasteiger partial charge in [0.05, 0.1) is 6.04 Å². The molecule has 1 aromatic rings. The Morgan fingerprint density at radius 2 is 1.88 bits per heavy atom. The number of aromatic nitrogens is 3. The van der Waals surface area contributed by atoms with Crippen molar-refractivity contribution in [2.45, 2.75) is 63.5 Å². The van der Waals surface area contributed by atoms with Crippen LogP contribution in [0.5, 0.6) is 0 Å². The van der Waals surface area contributed by atoms with E-state index in [9.17, 15) is 0 Å². The third-order valence-corrected chi connectivity index (χ3v) is 4.19. The molecule has 0 radical (unpaired) electrons. The molecule has 0 spiro atoms. The van der Waals surface area contributed by atoms with Gasteiger partial charge in [-0.25, -0.2) is 0 Å². The fourth-order valence-corrected chi connectivity index (χ4v) is 3.21. The molecule has 0 bridgehead atoms. The van der Waals surface area contributed by atoms with Gasteiger partial charge in [-0.05, 0) is 32.2 Å². The van der Waals surface area contributed by atoms with Crippen molar-refractivity contribution in [3.8, 4) is 0 Å². The van der Waals surface area contributed by atoms with Crippen molar-refractivity contribution in [3.63, 3.8) is 0 Å². The van der Waals surface area contributed by atoms with Crippen LogP contribution in [0.4, 0.5) is 0 Å². The van der Waals surface area contributed by atoms with Crippen LogP contribution in [0.15, 0.2) is 6.33 Å². The van der Waals surface area contributed by atoms with Crippen LogP contribution in [0.1, 0.15) is 69.3 Å². The van der Waals surface area contributed by atoms with Crippen LogP contribution in [-0.2, 0) is 0 Å². The molecule has 1 saturated carbocycles. The standard InChI is InChI=1S/C13H22N4/c1-2-8-12(14-9-5-1)13-16-15-10-17(13)11-6-3-4-7-11/h10-12,14H,1-9H2. The summed E-state index contributed by atoms with van der Waals surface area (Å²) in [5, 5.41) is 12.1. The largest absolute Gasteiger partial charge is 0.313 e. The topological polar surface area (TPSA) is 42.7 Å². The van der Waals surface area contributed by atoms with E-state index < -0.39 is 0 Å². The highest BCUT2D eigenvalue weighted by Gasteiger charge is 2.24. The molecule has 0 amide bonds. The van der Waals surface area contributed by atoms with Gasteiger partial charge in [-0.2, -0.15) is 0 Å². The smallest absolute Gasteiger partial charge is 0.150 e. The first-order chi connectivity index (χ1) is 8.45. The highest BCUT2D eigenvalue weighted by atomic mass is 15.3. The fourth-order valence-electron chi connectivity index (χ4n) is 3.21. The Hall–Kier alpha value is -0.900. The van der Waals surface area contributed by atoms with Gasteiger partial charge in [0.15, 0.2) is 0 Å². The van der Waals surface area contributed by atoms with Gasteiger partial charge in [-0.15, -0.1) is 10.2 Å². The quantitative estimate of drug-likeness (QED) is 0.855. The zero-order valence-electron chi connectivity index (χ0n) is 10.4. The van der Waals surface area contributed by atoms with Crippen LogP contribution in [0.25, 0.3) is 0 Å². The normalized spacial score (nSPS) is 27.2. The summed E-state index contributed by atoms with van der Waals surface area (Å²) in [6.07, 6.45) is 12.4. The summed E-state index contributed by atoms with van der Waals surface area (Å²) in [7, 11) is 0. The molecule has 3 rings (SSSR count). The molecule has 17 heavy (non-hydrogen) atoms. The minimum absolute atomic E-state index is 0.431. The summed E-state index contributed by atoms with van der Waals surface area (Å²) in [6, 6.07) is 1.09. The molecular formula is C13H22N4. The Morgan fingerprint density at radius 1 is 1.06 bits per heavy atom. The minimum atomic E-state index is 0.431. The fraction of sp³-hybridized carbons (Fsp3) is 0.846. The highest BCUT2D eigenvalue weighted by Crippen LogP contribution is 2.32. The summed E-state index contributed by atoms with van der Waals surface area (Å²) in [5.41, 5.74) is 0. The third-order valence-electron chi connectivity index (χ3n) is 4.19. The van der Waals surface area contributed by atoms with Crippen molar-refractivity contribution >= 4 is 0 Å². The molecule has 2 heterocycles. The summed E-state index contributed by atoms with van der Waals surface area (Å²) in [4.78, 5) is 0. The van der Waals surface area contributed by atoms with Crippen molar-refractivity contribution in [2.75, 3.05) is 6.54 Å². The van der Waals surface area contributed by atoms with E-state index in [4.69, 9.17) is 0 Å². The molecule has 1 aliphatic heterocycles. The van der Waals surface area contributed by atoms with Gasteiger partial charge in [-0.3, -0.25) is 0 Å². The molecule has 1 unspecified atom stereocenters. The lowest BCUT2D eigenvalue weighted by molar-refractivity contribution is 0.433. The van der Waals surface area contributed by atoms with E-state index in [2.05, 4.69) is 20.1 Å². The highest BCUT2D eigenvalue weighted by molar-refractivity contribution is 4.99. The van der Waals surface area contributed by atoms with Gasteiger partial charge in [0, 0.05) is 6.04 Å². The van der Waals surface area contributed by atoms with Gasteiger partial charge < -0.3 is 9.88 Å². The maximum absolute atomic E-state index is 4.38. The number of nitrogens with one attached hydrogen (secondary N) is 1. The Balaban J connectivity index is 1.79. The summed E-state index contributed by atoms with van der Waals surface area (Å²) in [6.45, 7) is 1.13. The Bertz CT molecular complexity index is 346. The first-order valence-electron chi connectivity index (χ1n) is 7.08. The molecule has 4 heteroatoms. The number of hydrogen-bond acceptors (Lipinski definition) is 3. The summed E-state index contributed by atoms with van der Waals surface area (Å²) >= 11 is 0. The van der Waals surface area contributed by atoms with Gasteiger partial charge in [0.1, 0.15) is 12.2 Å². The van der Waals surface area contributed by atoms with Gasteiger partial charge >= 0.3 is 0 Å². The molecule has 0 aromatic carbocycles. The Morgan fingerprint density at radius 3 is 2.76 bits per heavy atom. The molecule has 2 aliphatic rings. The zero-order chi connectivity index (χ0) is 11.5. The van der Waals surface area contributed by atoms with E-state index in [1.807, 2.05) is 6.33 Å². The van der Waals surface area contributed by atoms with Crippen LogP contribution in [0.2, 0.25) is 0 Å². The lowest BCUT2D eigenvalue weighted by Crippen LogP contribution is -2.24. The van der Waals surface area contributed by atoms with Crippen molar-refractivity contribution in [1.82, 2.24) is 20.1 Å². The van der Waals surface area contributed by atoms with E-state index in [0.29, 0.717) is 12.1 Å². The molecule has 1 aromatic heterocycles. The maximum Gasteiger partial charge on any atom is 0.150 e. The first-order valence-corrected chi connectivity index (χ1v) is 7.08.